The molecule has 2 nitrogen and oxygen atoms in total. The molecule has 0 aromatic heterocycles. The third-order valence-electron chi connectivity index (χ3n) is 3.44. The van der Waals surface area contributed by atoms with Gasteiger partial charge in [0.1, 0.15) is 11.9 Å². The monoisotopic (exact) mass is 232 g/mol. The number of hydrogen-bond acceptors (Lipinski definition) is 2. The molecule has 1 aromatic rings. The summed E-state index contributed by atoms with van der Waals surface area (Å²) in [6, 6.07) is 7.17. The summed E-state index contributed by atoms with van der Waals surface area (Å²) < 4.78 is 13.1. The first-order chi connectivity index (χ1) is 8.19. The minimum Gasteiger partial charge on any atom is -0.310 e. The Morgan fingerprint density at radius 2 is 2.29 bits per heavy atom. The highest BCUT2D eigenvalue weighted by molar-refractivity contribution is 5.34. The largest absolute Gasteiger partial charge is 0.310 e. The van der Waals surface area contributed by atoms with Gasteiger partial charge in [0.25, 0.3) is 0 Å². The first kappa shape index (κ1) is 12.1. The van der Waals surface area contributed by atoms with Gasteiger partial charge in [-0.2, -0.15) is 5.26 Å². The van der Waals surface area contributed by atoms with Gasteiger partial charge in [-0.3, -0.25) is 0 Å². The minimum atomic E-state index is -0.439. The summed E-state index contributed by atoms with van der Waals surface area (Å²) in [5.74, 6) is 0.362. The van der Waals surface area contributed by atoms with Gasteiger partial charge in [0.2, 0.25) is 0 Å². The molecule has 0 spiro atoms. The molecule has 90 valence electrons. The molecule has 1 N–H and O–H groups in total. The second-order valence-corrected chi connectivity index (χ2v) is 4.92. The lowest BCUT2D eigenvalue weighted by atomic mass is 10.1. The number of hydrogen-bond donors (Lipinski definition) is 1. The van der Waals surface area contributed by atoms with Crippen molar-refractivity contribution in [1.82, 2.24) is 5.32 Å². The number of halogens is 1. The maximum atomic E-state index is 13.1. The van der Waals surface area contributed by atoms with Crippen molar-refractivity contribution < 1.29 is 4.39 Å². The first-order valence-electron chi connectivity index (χ1n) is 6.11. The average Bonchev–Trinajstić information content (AvgIpc) is 2.74. The highest BCUT2D eigenvalue weighted by Crippen LogP contribution is 2.24. The molecule has 1 aliphatic rings. The molecule has 0 radical (unpaired) electrons. The number of nitrogens with zero attached hydrogens (tertiary/aromatic N) is 1. The maximum Gasteiger partial charge on any atom is 0.140 e. The minimum absolute atomic E-state index is 0.129. The van der Waals surface area contributed by atoms with E-state index in [0.717, 1.165) is 11.5 Å². The molecule has 0 saturated heterocycles. The van der Waals surface area contributed by atoms with Crippen LogP contribution in [-0.2, 0) is 6.54 Å². The normalized spacial score (nSPS) is 23.6. The second-order valence-electron chi connectivity index (χ2n) is 4.92. The van der Waals surface area contributed by atoms with E-state index in [0.29, 0.717) is 12.6 Å². The molecule has 2 atom stereocenters. The van der Waals surface area contributed by atoms with Crippen molar-refractivity contribution in [3.05, 3.63) is 35.1 Å². The molecular formula is C14H17FN2. The molecule has 1 aromatic carbocycles. The van der Waals surface area contributed by atoms with E-state index < -0.39 is 5.82 Å². The summed E-state index contributed by atoms with van der Waals surface area (Å²) in [6.45, 7) is 2.99. The molecule has 17 heavy (non-hydrogen) atoms. The van der Waals surface area contributed by atoms with E-state index in [1.165, 1.54) is 25.3 Å². The standard InChI is InChI=1S/C14H17FN2/c1-10-2-4-13(6-10)17-9-11-3-5-14(15)12(7-11)8-16/h3,5,7,10,13,17H,2,4,6,9H2,1H3. The Kier molecular flexibility index (Phi) is 3.75. The zero-order valence-electron chi connectivity index (χ0n) is 10.0. The van der Waals surface area contributed by atoms with Crippen LogP contribution >= 0.6 is 0 Å². The van der Waals surface area contributed by atoms with Gasteiger partial charge in [-0.15, -0.1) is 0 Å². The quantitative estimate of drug-likeness (QED) is 0.869. The Bertz CT molecular complexity index is 436. The van der Waals surface area contributed by atoms with Crippen molar-refractivity contribution in [3.8, 4) is 6.07 Å². The van der Waals surface area contributed by atoms with Crippen molar-refractivity contribution in [1.29, 1.82) is 5.26 Å². The van der Waals surface area contributed by atoms with Gasteiger partial charge >= 0.3 is 0 Å². The van der Waals surface area contributed by atoms with Crippen LogP contribution in [0, 0.1) is 23.1 Å². The Morgan fingerprint density at radius 1 is 1.47 bits per heavy atom. The lowest BCUT2D eigenvalue weighted by Crippen LogP contribution is -2.25. The van der Waals surface area contributed by atoms with Crippen molar-refractivity contribution >= 4 is 0 Å². The smallest absolute Gasteiger partial charge is 0.140 e. The fourth-order valence-electron chi connectivity index (χ4n) is 2.42. The van der Waals surface area contributed by atoms with E-state index in [2.05, 4.69) is 12.2 Å². The molecule has 0 amide bonds. The molecule has 0 bridgehead atoms. The van der Waals surface area contributed by atoms with Gasteiger partial charge < -0.3 is 5.32 Å². The summed E-state index contributed by atoms with van der Waals surface area (Å²) in [5, 5.41) is 12.2. The van der Waals surface area contributed by atoms with E-state index in [9.17, 15) is 4.39 Å². The topological polar surface area (TPSA) is 35.8 Å². The molecule has 0 heterocycles. The van der Waals surface area contributed by atoms with Crippen molar-refractivity contribution in [2.45, 2.75) is 38.8 Å². The summed E-state index contributed by atoms with van der Waals surface area (Å²) in [5.41, 5.74) is 1.10. The number of benzene rings is 1. The summed E-state index contributed by atoms with van der Waals surface area (Å²) in [6.07, 6.45) is 3.71. The number of nitriles is 1. The third-order valence-corrected chi connectivity index (χ3v) is 3.44. The van der Waals surface area contributed by atoms with Crippen LogP contribution in [0.25, 0.3) is 0 Å². The summed E-state index contributed by atoms with van der Waals surface area (Å²) in [4.78, 5) is 0. The van der Waals surface area contributed by atoms with Gasteiger partial charge in [-0.25, -0.2) is 4.39 Å². The van der Waals surface area contributed by atoms with Gasteiger partial charge in [-0.1, -0.05) is 13.0 Å². The molecule has 1 aliphatic carbocycles. The van der Waals surface area contributed by atoms with Crippen molar-refractivity contribution in [2.75, 3.05) is 0 Å². The molecule has 2 unspecified atom stereocenters. The first-order valence-corrected chi connectivity index (χ1v) is 6.11. The fourth-order valence-corrected chi connectivity index (χ4v) is 2.42. The molecule has 0 aliphatic heterocycles. The van der Waals surface area contributed by atoms with Crippen LogP contribution in [0.5, 0.6) is 0 Å². The predicted octanol–water partition coefficient (Wildman–Crippen LogP) is 2.98. The zero-order chi connectivity index (χ0) is 12.3. The third kappa shape index (κ3) is 3.04. The number of nitrogens with one attached hydrogen (secondary N) is 1. The van der Waals surface area contributed by atoms with Gasteiger partial charge in [0, 0.05) is 12.6 Å². The molecule has 3 heteroatoms. The van der Waals surface area contributed by atoms with E-state index in [4.69, 9.17) is 5.26 Å². The van der Waals surface area contributed by atoms with E-state index in [-0.39, 0.29) is 5.56 Å². The summed E-state index contributed by atoms with van der Waals surface area (Å²) >= 11 is 0. The van der Waals surface area contributed by atoms with Crippen molar-refractivity contribution in [2.24, 2.45) is 5.92 Å². The van der Waals surface area contributed by atoms with Crippen LogP contribution in [-0.4, -0.2) is 6.04 Å². The number of rotatable bonds is 3. The van der Waals surface area contributed by atoms with Crippen molar-refractivity contribution in [3.63, 3.8) is 0 Å². The van der Waals surface area contributed by atoms with E-state index >= 15 is 0 Å². The SMILES string of the molecule is CC1CCC(NCc2ccc(F)c(C#N)c2)C1. The Morgan fingerprint density at radius 3 is 2.94 bits per heavy atom. The lowest BCUT2D eigenvalue weighted by molar-refractivity contribution is 0.502. The van der Waals surface area contributed by atoms with Crippen LogP contribution in [0.15, 0.2) is 18.2 Å². The van der Waals surface area contributed by atoms with Gasteiger partial charge in [0.15, 0.2) is 0 Å². The van der Waals surface area contributed by atoms with E-state index in [1.54, 1.807) is 12.1 Å². The average molecular weight is 232 g/mol. The Balaban J connectivity index is 1.93. The van der Waals surface area contributed by atoms with Gasteiger partial charge in [0.05, 0.1) is 5.56 Å². The van der Waals surface area contributed by atoms with Crippen LogP contribution in [0.1, 0.15) is 37.3 Å². The molecule has 1 fully saturated rings. The zero-order valence-corrected chi connectivity index (χ0v) is 10.0. The van der Waals surface area contributed by atoms with Crippen LogP contribution in [0.3, 0.4) is 0 Å². The van der Waals surface area contributed by atoms with Crippen LogP contribution < -0.4 is 5.32 Å². The fraction of sp³-hybridized carbons (Fsp3) is 0.500. The Hall–Kier alpha value is -1.40. The predicted molar refractivity (Wildman–Crippen MR) is 64.8 cm³/mol. The van der Waals surface area contributed by atoms with Gasteiger partial charge in [-0.05, 0) is 42.9 Å². The maximum absolute atomic E-state index is 13.1. The lowest BCUT2D eigenvalue weighted by Gasteiger charge is -2.12. The molecule has 2 rings (SSSR count). The molecular weight excluding hydrogens is 215 g/mol. The van der Waals surface area contributed by atoms with E-state index in [1.807, 2.05) is 6.07 Å². The highest BCUT2D eigenvalue weighted by Gasteiger charge is 2.20. The highest BCUT2D eigenvalue weighted by atomic mass is 19.1. The molecule has 1 saturated carbocycles. The summed E-state index contributed by atoms with van der Waals surface area (Å²) in [7, 11) is 0. The van der Waals surface area contributed by atoms with Crippen LogP contribution in [0.4, 0.5) is 4.39 Å². The second kappa shape index (κ2) is 5.29. The Labute approximate surface area is 101 Å². The van der Waals surface area contributed by atoms with Crippen LogP contribution in [0.2, 0.25) is 0 Å².